The van der Waals surface area contributed by atoms with Crippen molar-refractivity contribution < 1.29 is 17.9 Å². The number of nitrogens with zero attached hydrogens (tertiary/aromatic N) is 3. The standard InChI is InChI=1S/C17H35N5O4S.HI/c1-7-22(27(6,24)25)11-8-10-19-15(18-5)21-12-9-14(13-21)20-16(23)26-17(2,3)4;/h14H,7-13H2,1-6H3,(H,18,19)(H,20,23);1H. The quantitative estimate of drug-likeness (QED) is 0.222. The van der Waals surface area contributed by atoms with Gasteiger partial charge in [0, 0.05) is 39.8 Å². The van der Waals surface area contributed by atoms with E-state index < -0.39 is 21.7 Å². The molecule has 9 nitrogen and oxygen atoms in total. The summed E-state index contributed by atoms with van der Waals surface area (Å²) in [5.74, 6) is 0.755. The molecular formula is C17H36IN5O4S. The molecule has 1 aliphatic rings. The van der Waals surface area contributed by atoms with Crippen LogP contribution in [0, 0.1) is 0 Å². The van der Waals surface area contributed by atoms with Crippen LogP contribution in [0.25, 0.3) is 0 Å². The number of guanidine groups is 1. The number of halogens is 1. The summed E-state index contributed by atoms with van der Waals surface area (Å²) in [7, 11) is -1.44. The molecule has 0 aromatic heterocycles. The van der Waals surface area contributed by atoms with E-state index in [2.05, 4.69) is 20.5 Å². The smallest absolute Gasteiger partial charge is 0.407 e. The van der Waals surface area contributed by atoms with Crippen molar-refractivity contribution in [2.45, 2.75) is 52.2 Å². The van der Waals surface area contributed by atoms with Crippen LogP contribution >= 0.6 is 24.0 Å². The van der Waals surface area contributed by atoms with Crippen molar-refractivity contribution in [2.24, 2.45) is 4.99 Å². The van der Waals surface area contributed by atoms with Gasteiger partial charge in [-0.15, -0.1) is 24.0 Å². The number of carbonyl (C=O) groups excluding carboxylic acids is 1. The lowest BCUT2D eigenvalue weighted by molar-refractivity contribution is 0.0507. The first-order chi connectivity index (χ1) is 12.5. The molecule has 1 fully saturated rings. The molecule has 0 aliphatic carbocycles. The van der Waals surface area contributed by atoms with Crippen LogP contribution in [0.15, 0.2) is 4.99 Å². The van der Waals surface area contributed by atoms with Crippen LogP contribution in [0.3, 0.4) is 0 Å². The largest absolute Gasteiger partial charge is 0.444 e. The van der Waals surface area contributed by atoms with Gasteiger partial charge in [-0.2, -0.15) is 0 Å². The van der Waals surface area contributed by atoms with Gasteiger partial charge in [0.15, 0.2) is 5.96 Å². The number of aliphatic imine (C=N–C) groups is 1. The van der Waals surface area contributed by atoms with E-state index in [1.165, 1.54) is 10.6 Å². The van der Waals surface area contributed by atoms with E-state index in [1.807, 2.05) is 27.7 Å². The molecule has 1 amide bonds. The van der Waals surface area contributed by atoms with Crippen LogP contribution in [-0.4, -0.2) is 87.3 Å². The molecule has 0 bridgehead atoms. The van der Waals surface area contributed by atoms with E-state index in [0.29, 0.717) is 32.6 Å². The molecule has 0 radical (unpaired) electrons. The average Bonchev–Trinajstić information content (AvgIpc) is 2.95. The summed E-state index contributed by atoms with van der Waals surface area (Å²) < 4.78 is 29.9. The zero-order valence-corrected chi connectivity index (χ0v) is 21.0. The third-order valence-corrected chi connectivity index (χ3v) is 5.49. The number of ether oxygens (including phenoxy) is 1. The van der Waals surface area contributed by atoms with Gasteiger partial charge in [-0.1, -0.05) is 6.92 Å². The van der Waals surface area contributed by atoms with Gasteiger partial charge in [-0.05, 0) is 33.6 Å². The Morgan fingerprint density at radius 1 is 1.36 bits per heavy atom. The molecule has 1 atom stereocenters. The number of carbonyl (C=O) groups is 1. The second-order valence-corrected chi connectivity index (χ2v) is 9.64. The van der Waals surface area contributed by atoms with Gasteiger partial charge in [0.1, 0.15) is 5.60 Å². The molecule has 1 rings (SSSR count). The second-order valence-electron chi connectivity index (χ2n) is 7.66. The molecule has 11 heteroatoms. The van der Waals surface area contributed by atoms with Crippen molar-refractivity contribution in [1.29, 1.82) is 0 Å². The summed E-state index contributed by atoms with van der Waals surface area (Å²) in [6.45, 7) is 10.3. The van der Waals surface area contributed by atoms with Gasteiger partial charge < -0.3 is 20.3 Å². The van der Waals surface area contributed by atoms with Crippen molar-refractivity contribution in [3.8, 4) is 0 Å². The van der Waals surface area contributed by atoms with E-state index in [0.717, 1.165) is 18.9 Å². The highest BCUT2D eigenvalue weighted by Gasteiger charge is 2.27. The lowest BCUT2D eigenvalue weighted by Gasteiger charge is -2.24. The van der Waals surface area contributed by atoms with E-state index >= 15 is 0 Å². The lowest BCUT2D eigenvalue weighted by atomic mass is 10.2. The maximum atomic E-state index is 11.9. The number of rotatable bonds is 7. The fourth-order valence-electron chi connectivity index (χ4n) is 2.89. The summed E-state index contributed by atoms with van der Waals surface area (Å²) in [6, 6.07) is 0.0132. The molecule has 166 valence electrons. The predicted octanol–water partition coefficient (Wildman–Crippen LogP) is 1.45. The Balaban J connectivity index is 0.00000729. The number of sulfonamides is 1. The molecule has 2 N–H and O–H groups in total. The molecule has 1 aliphatic heterocycles. The number of hydrogen-bond donors (Lipinski definition) is 2. The molecule has 0 aromatic rings. The summed E-state index contributed by atoms with van der Waals surface area (Å²) >= 11 is 0. The van der Waals surface area contributed by atoms with Crippen molar-refractivity contribution in [3.05, 3.63) is 0 Å². The van der Waals surface area contributed by atoms with Crippen LogP contribution < -0.4 is 10.6 Å². The monoisotopic (exact) mass is 533 g/mol. The maximum Gasteiger partial charge on any atom is 0.407 e. The maximum absolute atomic E-state index is 11.9. The molecule has 1 saturated heterocycles. The van der Waals surface area contributed by atoms with Crippen molar-refractivity contribution in [3.63, 3.8) is 0 Å². The predicted molar refractivity (Wildman–Crippen MR) is 123 cm³/mol. The number of nitrogens with one attached hydrogen (secondary N) is 2. The number of hydrogen-bond acceptors (Lipinski definition) is 5. The van der Waals surface area contributed by atoms with Crippen molar-refractivity contribution in [1.82, 2.24) is 19.8 Å². The third-order valence-electron chi connectivity index (χ3n) is 4.11. The summed E-state index contributed by atoms with van der Waals surface area (Å²) in [5.41, 5.74) is -0.516. The molecule has 0 spiro atoms. The van der Waals surface area contributed by atoms with Gasteiger partial charge in [0.05, 0.1) is 12.3 Å². The van der Waals surface area contributed by atoms with E-state index in [-0.39, 0.29) is 30.0 Å². The van der Waals surface area contributed by atoms with E-state index in [4.69, 9.17) is 4.74 Å². The average molecular weight is 533 g/mol. The van der Waals surface area contributed by atoms with Gasteiger partial charge in [-0.3, -0.25) is 4.99 Å². The Kier molecular flexibility index (Phi) is 11.7. The summed E-state index contributed by atoms with van der Waals surface area (Å²) in [5, 5.41) is 6.16. The third kappa shape index (κ3) is 10.1. The minimum absolute atomic E-state index is 0. The number of alkyl carbamates (subject to hydrolysis) is 1. The van der Waals surface area contributed by atoms with Gasteiger partial charge in [0.2, 0.25) is 10.0 Å². The minimum atomic E-state index is -3.16. The first kappa shape index (κ1) is 27.2. The summed E-state index contributed by atoms with van der Waals surface area (Å²) in [4.78, 5) is 18.3. The van der Waals surface area contributed by atoms with Crippen molar-refractivity contribution in [2.75, 3.05) is 46.0 Å². The van der Waals surface area contributed by atoms with Crippen LogP contribution in [0.4, 0.5) is 4.79 Å². The normalized spacial score (nSPS) is 18.0. The Hall–Kier alpha value is -0.820. The van der Waals surface area contributed by atoms with Crippen LogP contribution in [0.2, 0.25) is 0 Å². The first-order valence-corrected chi connectivity index (χ1v) is 11.2. The fourth-order valence-corrected chi connectivity index (χ4v) is 3.82. The lowest BCUT2D eigenvalue weighted by Crippen LogP contribution is -2.44. The van der Waals surface area contributed by atoms with E-state index in [1.54, 1.807) is 7.05 Å². The number of likely N-dealkylation sites (tertiary alicyclic amines) is 1. The zero-order valence-electron chi connectivity index (χ0n) is 17.8. The highest BCUT2D eigenvalue weighted by atomic mass is 127. The Labute approximate surface area is 186 Å². The molecule has 1 unspecified atom stereocenters. The van der Waals surface area contributed by atoms with E-state index in [9.17, 15) is 13.2 Å². The molecule has 28 heavy (non-hydrogen) atoms. The van der Waals surface area contributed by atoms with Crippen LogP contribution in [-0.2, 0) is 14.8 Å². The highest BCUT2D eigenvalue weighted by molar-refractivity contribution is 14.0. The zero-order chi connectivity index (χ0) is 20.7. The van der Waals surface area contributed by atoms with Crippen LogP contribution in [0.1, 0.15) is 40.5 Å². The fraction of sp³-hybridized carbons (Fsp3) is 0.882. The molecule has 0 saturated carbocycles. The Bertz CT molecular complexity index is 622. The van der Waals surface area contributed by atoms with Crippen molar-refractivity contribution >= 4 is 46.1 Å². The molecular weight excluding hydrogens is 497 g/mol. The Morgan fingerprint density at radius 3 is 2.50 bits per heavy atom. The van der Waals surface area contributed by atoms with Crippen LogP contribution in [0.5, 0.6) is 0 Å². The molecule has 0 aromatic carbocycles. The van der Waals surface area contributed by atoms with Gasteiger partial charge in [0.25, 0.3) is 0 Å². The number of amides is 1. The molecule has 1 heterocycles. The first-order valence-electron chi connectivity index (χ1n) is 9.36. The Morgan fingerprint density at radius 2 is 2.00 bits per heavy atom. The highest BCUT2D eigenvalue weighted by Crippen LogP contribution is 2.12. The SMILES string of the molecule is CCN(CCCNC(=NC)N1CCC(NC(=O)OC(C)(C)C)C1)S(C)(=O)=O.I. The minimum Gasteiger partial charge on any atom is -0.444 e. The van der Waals surface area contributed by atoms with Gasteiger partial charge in [-0.25, -0.2) is 17.5 Å². The van der Waals surface area contributed by atoms with Gasteiger partial charge >= 0.3 is 6.09 Å². The summed E-state index contributed by atoms with van der Waals surface area (Å²) in [6.07, 6.45) is 2.33. The second kappa shape index (κ2) is 12.0. The topological polar surface area (TPSA) is 103 Å².